The van der Waals surface area contributed by atoms with Gasteiger partial charge < -0.3 is 10.1 Å². The second kappa shape index (κ2) is 3.18. The van der Waals surface area contributed by atoms with Gasteiger partial charge in [0.15, 0.2) is 0 Å². The molecule has 3 heteroatoms. The fraction of sp³-hybridized carbons (Fsp3) is 1.00. The third-order valence-corrected chi connectivity index (χ3v) is 3.62. The normalized spacial score (nSPS) is 35.2. The van der Waals surface area contributed by atoms with Gasteiger partial charge in [0.25, 0.3) is 0 Å². The molecule has 0 aromatic rings. The summed E-state index contributed by atoms with van der Waals surface area (Å²) in [5, 5.41) is 3.29. The second-order valence-corrected chi connectivity index (χ2v) is 4.45. The first kappa shape index (κ1) is 8.26. The van der Waals surface area contributed by atoms with Gasteiger partial charge in [-0.05, 0) is 19.3 Å². The minimum absolute atomic E-state index is 0.258. The first-order valence-corrected chi connectivity index (χ1v) is 5.82. The molecule has 1 unspecified atom stereocenters. The number of halogens is 1. The third-order valence-electron chi connectivity index (χ3n) is 2.64. The molecule has 0 aliphatic carbocycles. The molecule has 2 fully saturated rings. The van der Waals surface area contributed by atoms with E-state index in [4.69, 9.17) is 4.74 Å². The Morgan fingerprint density at radius 3 is 2.91 bits per heavy atom. The Morgan fingerprint density at radius 1 is 1.55 bits per heavy atom. The Morgan fingerprint density at radius 2 is 2.36 bits per heavy atom. The number of ether oxygens (including phenoxy) is 1. The first-order valence-electron chi connectivity index (χ1n) is 4.29. The topological polar surface area (TPSA) is 21.3 Å². The Balaban J connectivity index is 1.92. The molecule has 0 aromatic carbocycles. The van der Waals surface area contributed by atoms with Crippen LogP contribution in [0, 0.1) is 0 Å². The fourth-order valence-electron chi connectivity index (χ4n) is 1.90. The molecule has 2 saturated heterocycles. The third kappa shape index (κ3) is 1.55. The van der Waals surface area contributed by atoms with Crippen molar-refractivity contribution in [3.8, 4) is 0 Å². The molecule has 2 nitrogen and oxygen atoms in total. The lowest BCUT2D eigenvalue weighted by Gasteiger charge is -2.47. The maximum Gasteiger partial charge on any atom is 0.0933 e. The summed E-state index contributed by atoms with van der Waals surface area (Å²) in [7, 11) is 0. The first-order chi connectivity index (χ1) is 5.35. The average Bonchev–Trinajstić information content (AvgIpc) is 2.02. The molecule has 2 aliphatic rings. The summed E-state index contributed by atoms with van der Waals surface area (Å²) < 4.78 is 7.14. The summed E-state index contributed by atoms with van der Waals surface area (Å²) in [6, 6.07) is 0. The van der Waals surface area contributed by atoms with E-state index in [0.29, 0.717) is 6.10 Å². The van der Waals surface area contributed by atoms with Gasteiger partial charge in [-0.15, -0.1) is 0 Å². The molecule has 11 heavy (non-hydrogen) atoms. The zero-order chi connectivity index (χ0) is 7.73. The molecule has 2 rings (SSSR count). The number of rotatable bonds is 1. The van der Waals surface area contributed by atoms with Crippen molar-refractivity contribution in [2.24, 2.45) is 0 Å². The molecule has 1 spiro atoms. The summed E-state index contributed by atoms with van der Waals surface area (Å²) in [6.07, 6.45) is 4.43. The van der Waals surface area contributed by atoms with Gasteiger partial charge in [-0.3, -0.25) is 0 Å². The van der Waals surface area contributed by atoms with Gasteiger partial charge >= 0.3 is 0 Å². The van der Waals surface area contributed by atoms with E-state index in [-0.39, 0.29) is 5.60 Å². The average molecular weight is 267 g/mol. The standard InChI is InChI=1S/C8H14INO/c9-4-7-2-1-3-8(11-7)5-10-6-8/h7,10H,1-6H2. The van der Waals surface area contributed by atoms with Crippen LogP contribution in [-0.2, 0) is 4.74 Å². The molecule has 0 radical (unpaired) electrons. The zero-order valence-electron chi connectivity index (χ0n) is 6.61. The highest BCUT2D eigenvalue weighted by atomic mass is 127. The molecule has 1 atom stereocenters. The predicted octanol–water partition coefficient (Wildman–Crippen LogP) is 1.33. The Kier molecular flexibility index (Phi) is 2.39. The minimum atomic E-state index is 0.258. The Bertz CT molecular complexity index is 147. The largest absolute Gasteiger partial charge is 0.368 e. The van der Waals surface area contributed by atoms with Gasteiger partial charge in [0.1, 0.15) is 0 Å². The molecular weight excluding hydrogens is 253 g/mol. The van der Waals surface area contributed by atoms with E-state index in [2.05, 4.69) is 27.9 Å². The van der Waals surface area contributed by atoms with E-state index in [1.54, 1.807) is 0 Å². The number of nitrogens with one attached hydrogen (secondary N) is 1. The maximum atomic E-state index is 5.99. The van der Waals surface area contributed by atoms with Crippen LogP contribution in [0.1, 0.15) is 19.3 Å². The van der Waals surface area contributed by atoms with Crippen molar-refractivity contribution < 1.29 is 4.74 Å². The van der Waals surface area contributed by atoms with Crippen molar-refractivity contribution in [3.05, 3.63) is 0 Å². The van der Waals surface area contributed by atoms with Crippen LogP contribution in [0.15, 0.2) is 0 Å². The van der Waals surface area contributed by atoms with Gasteiger partial charge in [-0.2, -0.15) is 0 Å². The fourth-order valence-corrected chi connectivity index (χ4v) is 2.52. The van der Waals surface area contributed by atoms with E-state index in [9.17, 15) is 0 Å². The molecule has 2 aliphatic heterocycles. The van der Waals surface area contributed by atoms with E-state index >= 15 is 0 Å². The van der Waals surface area contributed by atoms with Crippen LogP contribution in [0.5, 0.6) is 0 Å². The van der Waals surface area contributed by atoms with Gasteiger partial charge in [-0.25, -0.2) is 0 Å². The quantitative estimate of drug-likeness (QED) is 0.571. The van der Waals surface area contributed by atoms with Crippen LogP contribution in [0.4, 0.5) is 0 Å². The van der Waals surface area contributed by atoms with Crippen LogP contribution in [0.3, 0.4) is 0 Å². The Labute approximate surface area is 81.2 Å². The molecule has 0 saturated carbocycles. The van der Waals surface area contributed by atoms with Crippen molar-refractivity contribution >= 4 is 22.6 Å². The van der Waals surface area contributed by atoms with Crippen LogP contribution in [-0.4, -0.2) is 29.2 Å². The highest BCUT2D eigenvalue weighted by Gasteiger charge is 2.41. The summed E-state index contributed by atoms with van der Waals surface area (Å²) in [6.45, 7) is 2.17. The van der Waals surface area contributed by atoms with E-state index in [0.717, 1.165) is 17.5 Å². The van der Waals surface area contributed by atoms with Gasteiger partial charge in [-0.1, -0.05) is 22.6 Å². The van der Waals surface area contributed by atoms with Crippen LogP contribution in [0.2, 0.25) is 0 Å². The zero-order valence-corrected chi connectivity index (χ0v) is 8.76. The number of hydrogen-bond donors (Lipinski definition) is 1. The highest BCUT2D eigenvalue weighted by molar-refractivity contribution is 14.1. The van der Waals surface area contributed by atoms with E-state index < -0.39 is 0 Å². The molecule has 0 aromatic heterocycles. The SMILES string of the molecule is ICC1CCCC2(CNC2)O1. The second-order valence-electron chi connectivity index (χ2n) is 3.57. The molecular formula is C8H14INO. The van der Waals surface area contributed by atoms with Crippen LogP contribution < -0.4 is 5.32 Å². The highest BCUT2D eigenvalue weighted by Crippen LogP contribution is 2.32. The van der Waals surface area contributed by atoms with Gasteiger partial charge in [0, 0.05) is 17.5 Å². The molecule has 0 bridgehead atoms. The summed E-state index contributed by atoms with van der Waals surface area (Å²) in [5.74, 6) is 0. The van der Waals surface area contributed by atoms with E-state index in [1.807, 2.05) is 0 Å². The maximum absolute atomic E-state index is 5.99. The van der Waals surface area contributed by atoms with Crippen molar-refractivity contribution in [3.63, 3.8) is 0 Å². The van der Waals surface area contributed by atoms with E-state index in [1.165, 1.54) is 19.3 Å². The smallest absolute Gasteiger partial charge is 0.0933 e. The molecule has 2 heterocycles. The van der Waals surface area contributed by atoms with Crippen molar-refractivity contribution in [2.45, 2.75) is 31.0 Å². The summed E-state index contributed by atoms with van der Waals surface area (Å²) >= 11 is 2.42. The van der Waals surface area contributed by atoms with Gasteiger partial charge in [0.2, 0.25) is 0 Å². The number of alkyl halides is 1. The monoisotopic (exact) mass is 267 g/mol. The molecule has 0 amide bonds. The summed E-state index contributed by atoms with van der Waals surface area (Å²) in [4.78, 5) is 0. The van der Waals surface area contributed by atoms with Crippen LogP contribution in [0.25, 0.3) is 0 Å². The van der Waals surface area contributed by atoms with Crippen molar-refractivity contribution in [1.82, 2.24) is 5.32 Å². The lowest BCUT2D eigenvalue weighted by molar-refractivity contribution is -0.144. The van der Waals surface area contributed by atoms with Crippen LogP contribution >= 0.6 is 22.6 Å². The molecule has 1 N–H and O–H groups in total. The van der Waals surface area contributed by atoms with Gasteiger partial charge in [0.05, 0.1) is 11.7 Å². The van der Waals surface area contributed by atoms with Crippen molar-refractivity contribution in [1.29, 1.82) is 0 Å². The minimum Gasteiger partial charge on any atom is -0.368 e. The van der Waals surface area contributed by atoms with Crippen molar-refractivity contribution in [2.75, 3.05) is 17.5 Å². The lowest BCUT2D eigenvalue weighted by Crippen LogP contribution is -2.63. The Hall–Kier alpha value is 0.650. The predicted molar refractivity (Wildman–Crippen MR) is 53.2 cm³/mol. The number of hydrogen-bond acceptors (Lipinski definition) is 2. The lowest BCUT2D eigenvalue weighted by atomic mass is 9.87. The molecule has 64 valence electrons. The summed E-state index contributed by atoms with van der Waals surface area (Å²) in [5.41, 5.74) is 0.258.